The van der Waals surface area contributed by atoms with E-state index in [0.717, 1.165) is 30.2 Å². The number of hydrogen-bond acceptors (Lipinski definition) is 0. The minimum absolute atomic E-state index is 0.256. The van der Waals surface area contributed by atoms with Crippen molar-refractivity contribution in [2.24, 2.45) is 23.7 Å². The van der Waals surface area contributed by atoms with Crippen LogP contribution in [-0.4, -0.2) is 6.67 Å². The molecule has 3 rings (SSSR count). The fraction of sp³-hybridized carbons (Fsp3) is 0.680. The molecule has 2 aliphatic carbocycles. The molecule has 29 heavy (non-hydrogen) atoms. The monoisotopic (exact) mass is 410 g/mol. The van der Waals surface area contributed by atoms with Gasteiger partial charge >= 0.3 is 6.18 Å². The molecular formula is C25H34F4. The highest BCUT2D eigenvalue weighted by molar-refractivity contribution is 5.24. The molecule has 0 heterocycles. The van der Waals surface area contributed by atoms with Crippen LogP contribution >= 0.6 is 0 Å². The van der Waals surface area contributed by atoms with Crippen molar-refractivity contribution in [2.45, 2.75) is 76.8 Å². The number of allylic oxidation sites excluding steroid dienone is 2. The second-order valence-electron chi connectivity index (χ2n) is 9.09. The fourth-order valence-corrected chi connectivity index (χ4v) is 5.34. The summed E-state index contributed by atoms with van der Waals surface area (Å²) in [6.07, 6.45) is 12.8. The van der Waals surface area contributed by atoms with Gasteiger partial charge in [0.2, 0.25) is 0 Å². The minimum atomic E-state index is -4.25. The molecule has 0 spiro atoms. The van der Waals surface area contributed by atoms with E-state index in [1.165, 1.54) is 63.5 Å². The quantitative estimate of drug-likeness (QED) is 0.314. The highest BCUT2D eigenvalue weighted by Gasteiger charge is 2.31. The van der Waals surface area contributed by atoms with Gasteiger partial charge in [-0.2, -0.15) is 13.2 Å². The summed E-state index contributed by atoms with van der Waals surface area (Å²) in [5.41, 5.74) is 0.452. The molecule has 162 valence electrons. The Hall–Kier alpha value is -1.32. The van der Waals surface area contributed by atoms with Crippen LogP contribution in [0, 0.1) is 23.7 Å². The summed E-state index contributed by atoms with van der Waals surface area (Å²) in [5.74, 6) is 3.08. The molecule has 0 nitrogen and oxygen atoms in total. The number of halogens is 4. The molecule has 2 saturated carbocycles. The van der Waals surface area contributed by atoms with Crippen molar-refractivity contribution in [3.8, 4) is 0 Å². The van der Waals surface area contributed by atoms with Gasteiger partial charge in [-0.15, -0.1) is 0 Å². The lowest BCUT2D eigenvalue weighted by molar-refractivity contribution is -0.137. The maximum Gasteiger partial charge on any atom is 0.416 e. The largest absolute Gasteiger partial charge is 0.416 e. The zero-order chi connectivity index (χ0) is 20.7. The van der Waals surface area contributed by atoms with Crippen LogP contribution in [0.2, 0.25) is 0 Å². The molecule has 0 radical (unpaired) electrons. The molecule has 1 aromatic carbocycles. The van der Waals surface area contributed by atoms with Crippen molar-refractivity contribution >= 4 is 0 Å². The van der Waals surface area contributed by atoms with Gasteiger partial charge in [0.05, 0.1) is 12.2 Å². The third kappa shape index (κ3) is 6.86. The molecule has 0 N–H and O–H groups in total. The van der Waals surface area contributed by atoms with E-state index < -0.39 is 11.7 Å². The van der Waals surface area contributed by atoms with Crippen LogP contribution in [0.15, 0.2) is 36.4 Å². The summed E-state index contributed by atoms with van der Waals surface area (Å²) in [7, 11) is 0. The van der Waals surface area contributed by atoms with E-state index in [4.69, 9.17) is 0 Å². The highest BCUT2D eigenvalue weighted by atomic mass is 19.4. The molecule has 2 aliphatic rings. The Kier molecular flexibility index (Phi) is 8.20. The zero-order valence-corrected chi connectivity index (χ0v) is 17.3. The summed E-state index contributed by atoms with van der Waals surface area (Å²) in [4.78, 5) is 0. The number of aryl methyl sites for hydroxylation is 1. The minimum Gasteiger partial charge on any atom is -0.251 e. The maximum atomic E-state index is 12.7. The Morgan fingerprint density at radius 1 is 0.828 bits per heavy atom. The number of alkyl halides is 4. The van der Waals surface area contributed by atoms with Crippen LogP contribution in [0.25, 0.3) is 0 Å². The third-order valence-electron chi connectivity index (χ3n) is 7.18. The third-order valence-corrected chi connectivity index (χ3v) is 7.18. The molecule has 0 aromatic heterocycles. The second kappa shape index (κ2) is 10.6. The lowest BCUT2D eigenvalue weighted by Crippen LogP contribution is -2.25. The second-order valence-corrected chi connectivity index (χ2v) is 9.09. The molecule has 0 amide bonds. The maximum absolute atomic E-state index is 12.7. The highest BCUT2D eigenvalue weighted by Crippen LogP contribution is 2.42. The molecule has 0 atom stereocenters. The van der Waals surface area contributed by atoms with Crippen molar-refractivity contribution in [3.05, 3.63) is 47.5 Å². The van der Waals surface area contributed by atoms with E-state index in [0.29, 0.717) is 18.3 Å². The van der Waals surface area contributed by atoms with Crippen LogP contribution < -0.4 is 0 Å². The SMILES string of the molecule is FCC/C=C/C1CCC(C2CCC(CCc3ccc(C(F)(F)F)cc3)CC2)CC1. The predicted molar refractivity (Wildman–Crippen MR) is 110 cm³/mol. The Bertz CT molecular complexity index is 615. The van der Waals surface area contributed by atoms with Gasteiger partial charge in [0, 0.05) is 0 Å². The first-order valence-corrected chi connectivity index (χ1v) is 11.3. The molecule has 0 aliphatic heterocycles. The first kappa shape index (κ1) is 22.4. The normalized spacial score (nSPS) is 28.7. The molecular weight excluding hydrogens is 376 g/mol. The summed E-state index contributed by atoms with van der Waals surface area (Å²) >= 11 is 0. The topological polar surface area (TPSA) is 0 Å². The fourth-order valence-electron chi connectivity index (χ4n) is 5.34. The summed E-state index contributed by atoms with van der Waals surface area (Å²) in [5, 5.41) is 0. The van der Waals surface area contributed by atoms with Gasteiger partial charge in [0.25, 0.3) is 0 Å². The van der Waals surface area contributed by atoms with Gasteiger partial charge in [-0.05, 0) is 99.2 Å². The van der Waals surface area contributed by atoms with Crippen LogP contribution in [-0.2, 0) is 12.6 Å². The van der Waals surface area contributed by atoms with Crippen molar-refractivity contribution in [2.75, 3.05) is 6.67 Å². The van der Waals surface area contributed by atoms with Crippen LogP contribution in [0.4, 0.5) is 17.6 Å². The van der Waals surface area contributed by atoms with Gasteiger partial charge in [0.15, 0.2) is 0 Å². The molecule has 0 bridgehead atoms. The number of rotatable bonds is 7. The smallest absolute Gasteiger partial charge is 0.251 e. The molecule has 1 aromatic rings. The van der Waals surface area contributed by atoms with Crippen molar-refractivity contribution < 1.29 is 17.6 Å². The van der Waals surface area contributed by atoms with E-state index in [1.54, 1.807) is 12.1 Å². The van der Waals surface area contributed by atoms with Gasteiger partial charge in [0.1, 0.15) is 0 Å². The molecule has 0 saturated heterocycles. The van der Waals surface area contributed by atoms with E-state index in [2.05, 4.69) is 6.08 Å². The summed E-state index contributed by atoms with van der Waals surface area (Å²) in [6.45, 7) is -0.256. The first-order chi connectivity index (χ1) is 14.0. The van der Waals surface area contributed by atoms with Crippen molar-refractivity contribution in [1.29, 1.82) is 0 Å². The van der Waals surface area contributed by atoms with Gasteiger partial charge in [-0.1, -0.05) is 37.1 Å². The average Bonchev–Trinajstić information content (AvgIpc) is 2.73. The standard InChI is InChI=1S/C25H34F4/c26-18-2-1-3-19-6-12-22(13-7-19)23-14-8-20(9-15-23)4-5-21-10-16-24(17-11-21)25(27,28)29/h1,3,10-11,16-17,19-20,22-23H,2,4-9,12-15,18H2/b3-1+. The number of hydrogen-bond donors (Lipinski definition) is 0. The Morgan fingerprint density at radius 3 is 1.97 bits per heavy atom. The molecule has 4 heteroatoms. The summed E-state index contributed by atoms with van der Waals surface area (Å²) in [6, 6.07) is 5.68. The first-order valence-electron chi connectivity index (χ1n) is 11.3. The lowest BCUT2D eigenvalue weighted by atomic mass is 9.68. The van der Waals surface area contributed by atoms with Crippen molar-refractivity contribution in [1.82, 2.24) is 0 Å². The van der Waals surface area contributed by atoms with E-state index in [9.17, 15) is 17.6 Å². The Morgan fingerprint density at radius 2 is 1.41 bits per heavy atom. The van der Waals surface area contributed by atoms with E-state index >= 15 is 0 Å². The predicted octanol–water partition coefficient (Wildman–Crippen LogP) is 8.17. The molecule has 2 fully saturated rings. The average molecular weight is 411 g/mol. The van der Waals surface area contributed by atoms with E-state index in [1.807, 2.05) is 6.08 Å². The van der Waals surface area contributed by atoms with Crippen LogP contribution in [0.5, 0.6) is 0 Å². The van der Waals surface area contributed by atoms with Gasteiger partial charge in [-0.3, -0.25) is 4.39 Å². The van der Waals surface area contributed by atoms with Crippen LogP contribution in [0.3, 0.4) is 0 Å². The Balaban J connectivity index is 1.36. The van der Waals surface area contributed by atoms with Gasteiger partial charge < -0.3 is 0 Å². The molecule has 0 unspecified atom stereocenters. The van der Waals surface area contributed by atoms with Gasteiger partial charge in [-0.25, -0.2) is 0 Å². The van der Waals surface area contributed by atoms with E-state index in [-0.39, 0.29) is 6.67 Å². The number of benzene rings is 1. The lowest BCUT2D eigenvalue weighted by Gasteiger charge is -2.37. The zero-order valence-electron chi connectivity index (χ0n) is 17.3. The summed E-state index contributed by atoms with van der Waals surface area (Å²) < 4.78 is 50.2. The van der Waals surface area contributed by atoms with Crippen LogP contribution in [0.1, 0.15) is 75.3 Å². The van der Waals surface area contributed by atoms with Crippen molar-refractivity contribution in [3.63, 3.8) is 0 Å². The Labute approximate surface area is 172 Å².